The van der Waals surface area contributed by atoms with Crippen LogP contribution in [0.5, 0.6) is 0 Å². The van der Waals surface area contributed by atoms with Crippen LogP contribution in [0, 0.1) is 6.92 Å². The van der Waals surface area contributed by atoms with Gasteiger partial charge in [-0.3, -0.25) is 4.79 Å². The first-order valence-corrected chi connectivity index (χ1v) is 8.12. The SMILES string of the molecule is CCc1nnsc1C(=O)NC[C@H](c1ccc(C)cc1)N(C)C. The number of nitrogens with zero attached hydrogens (tertiary/aromatic N) is 3. The lowest BCUT2D eigenvalue weighted by atomic mass is 10.0. The highest BCUT2D eigenvalue weighted by Crippen LogP contribution is 2.18. The number of hydrogen-bond acceptors (Lipinski definition) is 5. The Hall–Kier alpha value is -1.79. The number of carbonyl (C=O) groups excluding carboxylic acids is 1. The molecule has 0 spiro atoms. The Bertz CT molecular complexity index is 621. The van der Waals surface area contributed by atoms with Crippen LogP contribution in [0.1, 0.15) is 39.5 Å². The van der Waals surface area contributed by atoms with Gasteiger partial charge in [-0.05, 0) is 44.5 Å². The largest absolute Gasteiger partial charge is 0.349 e. The number of aryl methyl sites for hydroxylation is 2. The maximum Gasteiger partial charge on any atom is 0.265 e. The fraction of sp³-hybridized carbons (Fsp3) is 0.438. The van der Waals surface area contributed by atoms with E-state index in [0.717, 1.165) is 17.2 Å². The molecule has 0 bridgehead atoms. The topological polar surface area (TPSA) is 58.1 Å². The predicted molar refractivity (Wildman–Crippen MR) is 89.2 cm³/mol. The molecule has 0 saturated heterocycles. The summed E-state index contributed by atoms with van der Waals surface area (Å²) in [5, 5.41) is 6.99. The van der Waals surface area contributed by atoms with E-state index in [1.165, 1.54) is 11.1 Å². The van der Waals surface area contributed by atoms with Crippen molar-refractivity contribution in [2.24, 2.45) is 0 Å². The Morgan fingerprint density at radius 1 is 1.32 bits per heavy atom. The Labute approximate surface area is 135 Å². The van der Waals surface area contributed by atoms with Crippen LogP contribution in [0.2, 0.25) is 0 Å². The Morgan fingerprint density at radius 2 is 2.00 bits per heavy atom. The lowest BCUT2D eigenvalue weighted by molar-refractivity contribution is 0.0945. The van der Waals surface area contributed by atoms with Crippen LogP contribution in [-0.4, -0.2) is 41.0 Å². The second-order valence-electron chi connectivity index (χ2n) is 5.50. The van der Waals surface area contributed by atoms with Crippen molar-refractivity contribution < 1.29 is 4.79 Å². The summed E-state index contributed by atoms with van der Waals surface area (Å²) in [5.74, 6) is -0.0918. The zero-order chi connectivity index (χ0) is 16.1. The molecule has 22 heavy (non-hydrogen) atoms. The molecule has 1 aromatic carbocycles. The Balaban J connectivity index is 2.06. The second kappa shape index (κ2) is 7.47. The van der Waals surface area contributed by atoms with Gasteiger partial charge in [-0.25, -0.2) is 0 Å². The van der Waals surface area contributed by atoms with Gasteiger partial charge in [0.2, 0.25) is 0 Å². The zero-order valence-corrected chi connectivity index (χ0v) is 14.3. The molecular weight excluding hydrogens is 296 g/mol. The predicted octanol–water partition coefficient (Wildman–Crippen LogP) is 2.44. The molecule has 0 radical (unpaired) electrons. The van der Waals surface area contributed by atoms with Crippen LogP contribution in [0.4, 0.5) is 0 Å². The van der Waals surface area contributed by atoms with Gasteiger partial charge in [0.25, 0.3) is 5.91 Å². The molecule has 0 aliphatic carbocycles. The summed E-state index contributed by atoms with van der Waals surface area (Å²) < 4.78 is 3.86. The summed E-state index contributed by atoms with van der Waals surface area (Å²) in [6, 6.07) is 8.54. The van der Waals surface area contributed by atoms with E-state index in [-0.39, 0.29) is 11.9 Å². The van der Waals surface area contributed by atoms with Gasteiger partial charge in [0.1, 0.15) is 4.88 Å². The maximum absolute atomic E-state index is 12.3. The summed E-state index contributed by atoms with van der Waals surface area (Å²) in [6.07, 6.45) is 0.717. The number of aromatic nitrogens is 2. The van der Waals surface area contributed by atoms with Gasteiger partial charge in [-0.1, -0.05) is 41.2 Å². The molecular formula is C16H22N4OS. The molecule has 2 rings (SSSR count). The van der Waals surface area contributed by atoms with Gasteiger partial charge >= 0.3 is 0 Å². The lowest BCUT2D eigenvalue weighted by Crippen LogP contribution is -2.34. The minimum Gasteiger partial charge on any atom is -0.349 e. The molecule has 0 fully saturated rings. The molecule has 118 valence electrons. The van der Waals surface area contributed by atoms with Crippen molar-refractivity contribution in [2.45, 2.75) is 26.3 Å². The van der Waals surface area contributed by atoms with Crippen LogP contribution in [0.3, 0.4) is 0 Å². The third kappa shape index (κ3) is 3.90. The molecule has 1 heterocycles. The number of amides is 1. The van der Waals surface area contributed by atoms with Gasteiger partial charge < -0.3 is 10.2 Å². The summed E-state index contributed by atoms with van der Waals surface area (Å²) in [5.41, 5.74) is 3.18. The van der Waals surface area contributed by atoms with Crippen molar-refractivity contribution in [1.82, 2.24) is 19.8 Å². The molecule has 1 atom stereocenters. The van der Waals surface area contributed by atoms with Crippen molar-refractivity contribution in [1.29, 1.82) is 0 Å². The average Bonchev–Trinajstić information content (AvgIpc) is 2.97. The first kappa shape index (κ1) is 16.6. The fourth-order valence-electron chi connectivity index (χ4n) is 2.27. The van der Waals surface area contributed by atoms with Crippen LogP contribution >= 0.6 is 11.5 Å². The second-order valence-corrected chi connectivity index (χ2v) is 6.26. The normalized spacial score (nSPS) is 12.4. The molecule has 1 N–H and O–H groups in total. The Morgan fingerprint density at radius 3 is 2.59 bits per heavy atom. The van der Waals surface area contributed by atoms with Gasteiger partial charge in [0.15, 0.2) is 0 Å². The van der Waals surface area contributed by atoms with E-state index in [2.05, 4.69) is 51.0 Å². The molecule has 2 aromatic rings. The van der Waals surface area contributed by atoms with Crippen LogP contribution in [0.15, 0.2) is 24.3 Å². The average molecular weight is 318 g/mol. The number of hydrogen-bond donors (Lipinski definition) is 1. The van der Waals surface area contributed by atoms with Crippen molar-refractivity contribution in [3.05, 3.63) is 46.0 Å². The monoisotopic (exact) mass is 318 g/mol. The van der Waals surface area contributed by atoms with Crippen LogP contribution in [0.25, 0.3) is 0 Å². The Kier molecular flexibility index (Phi) is 5.63. The van der Waals surface area contributed by atoms with Crippen molar-refractivity contribution in [3.8, 4) is 0 Å². The van der Waals surface area contributed by atoms with E-state index in [1.807, 2.05) is 21.0 Å². The fourth-order valence-corrected chi connectivity index (χ4v) is 2.94. The van der Waals surface area contributed by atoms with Crippen molar-refractivity contribution in [2.75, 3.05) is 20.6 Å². The van der Waals surface area contributed by atoms with Crippen LogP contribution in [-0.2, 0) is 6.42 Å². The third-order valence-corrected chi connectivity index (χ3v) is 4.41. The lowest BCUT2D eigenvalue weighted by Gasteiger charge is -2.25. The third-order valence-electron chi connectivity index (χ3n) is 3.64. The number of rotatable bonds is 6. The summed E-state index contributed by atoms with van der Waals surface area (Å²) in [4.78, 5) is 15.0. The standard InChI is InChI=1S/C16H22N4OS/c1-5-13-15(22-19-18-13)16(21)17-10-14(20(3)4)12-8-6-11(2)7-9-12/h6-9,14H,5,10H2,1-4H3,(H,17,21)/t14-/m1/s1. The van der Waals surface area contributed by atoms with Crippen LogP contribution < -0.4 is 5.32 Å². The molecule has 1 amide bonds. The number of nitrogens with one attached hydrogen (secondary N) is 1. The van der Waals surface area contributed by atoms with Crippen molar-refractivity contribution in [3.63, 3.8) is 0 Å². The van der Waals surface area contributed by atoms with Gasteiger partial charge in [0, 0.05) is 6.54 Å². The van der Waals surface area contributed by atoms with E-state index >= 15 is 0 Å². The summed E-state index contributed by atoms with van der Waals surface area (Å²) in [7, 11) is 4.03. The molecule has 5 nitrogen and oxygen atoms in total. The molecule has 0 unspecified atom stereocenters. The van der Waals surface area contributed by atoms with Crippen molar-refractivity contribution >= 4 is 17.4 Å². The van der Waals surface area contributed by atoms with Gasteiger partial charge in [0.05, 0.1) is 11.7 Å². The van der Waals surface area contributed by atoms with E-state index in [1.54, 1.807) is 0 Å². The highest BCUT2D eigenvalue weighted by atomic mass is 32.1. The molecule has 6 heteroatoms. The summed E-state index contributed by atoms with van der Waals surface area (Å²) >= 11 is 1.15. The smallest absolute Gasteiger partial charge is 0.265 e. The first-order valence-electron chi connectivity index (χ1n) is 7.35. The highest BCUT2D eigenvalue weighted by Gasteiger charge is 2.19. The number of likely N-dealkylation sites (N-methyl/N-ethyl adjacent to an activating group) is 1. The molecule has 0 saturated carbocycles. The molecule has 0 aliphatic heterocycles. The molecule has 0 aliphatic rings. The number of carbonyl (C=O) groups is 1. The summed E-state index contributed by atoms with van der Waals surface area (Å²) in [6.45, 7) is 4.59. The van der Waals surface area contributed by atoms with Gasteiger partial charge in [-0.2, -0.15) is 0 Å². The quantitative estimate of drug-likeness (QED) is 0.889. The van der Waals surface area contributed by atoms with E-state index in [9.17, 15) is 4.79 Å². The van der Waals surface area contributed by atoms with E-state index in [0.29, 0.717) is 17.8 Å². The minimum atomic E-state index is -0.0918. The number of benzene rings is 1. The van der Waals surface area contributed by atoms with E-state index in [4.69, 9.17) is 0 Å². The maximum atomic E-state index is 12.3. The highest BCUT2D eigenvalue weighted by molar-refractivity contribution is 7.08. The zero-order valence-electron chi connectivity index (χ0n) is 13.5. The minimum absolute atomic E-state index is 0.0918. The van der Waals surface area contributed by atoms with Gasteiger partial charge in [-0.15, -0.1) is 5.10 Å². The molecule has 1 aromatic heterocycles. The van der Waals surface area contributed by atoms with E-state index < -0.39 is 0 Å². The first-order chi connectivity index (χ1) is 10.5.